The number of aryl methyl sites for hydroxylation is 1. The number of rotatable bonds is 6. The number of aromatic nitrogens is 3. The Bertz CT molecular complexity index is 931. The first-order valence-electron chi connectivity index (χ1n) is 9.10. The summed E-state index contributed by atoms with van der Waals surface area (Å²) in [5.74, 6) is -0.611. The van der Waals surface area contributed by atoms with Crippen molar-refractivity contribution in [3.05, 3.63) is 40.2 Å². The van der Waals surface area contributed by atoms with Gasteiger partial charge in [0.05, 0.1) is 15.4 Å². The van der Waals surface area contributed by atoms with E-state index in [4.69, 9.17) is 4.74 Å². The van der Waals surface area contributed by atoms with Crippen LogP contribution in [0.3, 0.4) is 0 Å². The molecule has 1 aliphatic heterocycles. The molecule has 154 valence electrons. The lowest BCUT2D eigenvalue weighted by Gasteiger charge is -2.30. The molecular weight excluding hydrogens is 398 g/mol. The number of hydrogen-bond donors (Lipinski definition) is 0. The van der Waals surface area contributed by atoms with Crippen molar-refractivity contribution < 1.29 is 19.2 Å². The summed E-state index contributed by atoms with van der Waals surface area (Å²) in [6.45, 7) is 3.00. The van der Waals surface area contributed by atoms with Crippen molar-refractivity contribution >= 4 is 29.3 Å². The fraction of sp³-hybridized carbons (Fsp3) is 0.444. The number of amides is 1. The van der Waals surface area contributed by atoms with Gasteiger partial charge >= 0.3 is 5.97 Å². The largest absolute Gasteiger partial charge is 0.452 e. The molecule has 29 heavy (non-hydrogen) atoms. The number of benzene rings is 1. The van der Waals surface area contributed by atoms with Gasteiger partial charge in [-0.05, 0) is 42.7 Å². The van der Waals surface area contributed by atoms with Crippen LogP contribution in [0, 0.1) is 16.0 Å². The minimum atomic E-state index is -0.776. The molecule has 1 unspecified atom stereocenters. The molecule has 1 atom stereocenters. The molecule has 2 heterocycles. The second-order valence-electron chi connectivity index (χ2n) is 6.93. The number of esters is 1. The Morgan fingerprint density at radius 2 is 2.21 bits per heavy atom. The second kappa shape index (κ2) is 9.03. The van der Waals surface area contributed by atoms with E-state index in [1.165, 1.54) is 18.5 Å². The van der Waals surface area contributed by atoms with E-state index in [-0.39, 0.29) is 23.8 Å². The molecule has 0 aliphatic carbocycles. The van der Waals surface area contributed by atoms with E-state index in [1.807, 2.05) is 0 Å². The van der Waals surface area contributed by atoms with Crippen LogP contribution in [0.15, 0.2) is 34.6 Å². The predicted molar refractivity (Wildman–Crippen MR) is 103 cm³/mol. The van der Waals surface area contributed by atoms with Crippen LogP contribution in [0.25, 0.3) is 0 Å². The fourth-order valence-electron chi connectivity index (χ4n) is 3.05. The zero-order chi connectivity index (χ0) is 21.0. The minimum Gasteiger partial charge on any atom is -0.452 e. The Morgan fingerprint density at radius 3 is 2.86 bits per heavy atom. The first-order valence-corrected chi connectivity index (χ1v) is 9.92. The summed E-state index contributed by atoms with van der Waals surface area (Å²) in [4.78, 5) is 37.4. The van der Waals surface area contributed by atoms with Gasteiger partial charge in [0.1, 0.15) is 6.33 Å². The molecule has 1 aromatic heterocycles. The molecule has 0 N–H and O–H groups in total. The van der Waals surface area contributed by atoms with Gasteiger partial charge in [-0.25, -0.2) is 4.79 Å². The van der Waals surface area contributed by atoms with Crippen molar-refractivity contribution in [3.63, 3.8) is 0 Å². The van der Waals surface area contributed by atoms with Gasteiger partial charge in [0.15, 0.2) is 11.8 Å². The quantitative estimate of drug-likeness (QED) is 0.397. The van der Waals surface area contributed by atoms with Crippen molar-refractivity contribution in [1.82, 2.24) is 19.7 Å². The van der Waals surface area contributed by atoms with Crippen molar-refractivity contribution in [2.75, 3.05) is 19.7 Å². The maximum absolute atomic E-state index is 12.3. The standard InChI is InChI=1S/C18H21N5O5S/c1-12-4-3-7-22(9-12)16(24)10-28-17(25)13-5-6-15(14(8-13)23(26)27)29-18-20-19-11-21(18)2/h5-6,8,11-12H,3-4,7,9-10H2,1-2H3. The number of carbonyl (C=O) groups is 2. The molecule has 1 amide bonds. The third-order valence-electron chi connectivity index (χ3n) is 4.60. The zero-order valence-corrected chi connectivity index (χ0v) is 16.9. The predicted octanol–water partition coefficient (Wildman–Crippen LogP) is 2.29. The lowest BCUT2D eigenvalue weighted by Crippen LogP contribution is -2.41. The van der Waals surface area contributed by atoms with Gasteiger partial charge in [0.2, 0.25) is 0 Å². The Hall–Kier alpha value is -2.95. The number of likely N-dealkylation sites (tertiary alicyclic amines) is 1. The highest BCUT2D eigenvalue weighted by Gasteiger charge is 2.24. The summed E-state index contributed by atoms with van der Waals surface area (Å²) in [5, 5.41) is 19.5. The molecule has 1 aromatic carbocycles. The number of carbonyl (C=O) groups excluding carboxylic acids is 2. The molecule has 0 saturated carbocycles. The van der Waals surface area contributed by atoms with Crippen LogP contribution in [0.2, 0.25) is 0 Å². The van der Waals surface area contributed by atoms with Crippen LogP contribution < -0.4 is 0 Å². The molecule has 10 nitrogen and oxygen atoms in total. The molecule has 1 aliphatic rings. The van der Waals surface area contributed by atoms with Crippen molar-refractivity contribution in [2.45, 2.75) is 29.8 Å². The summed E-state index contributed by atoms with van der Waals surface area (Å²) in [6, 6.07) is 4.04. The topological polar surface area (TPSA) is 120 Å². The van der Waals surface area contributed by atoms with Gasteiger partial charge in [-0.2, -0.15) is 0 Å². The van der Waals surface area contributed by atoms with E-state index < -0.39 is 10.9 Å². The lowest BCUT2D eigenvalue weighted by molar-refractivity contribution is -0.387. The second-order valence-corrected chi connectivity index (χ2v) is 7.94. The number of piperidine rings is 1. The molecule has 0 bridgehead atoms. The number of nitro benzene ring substituents is 1. The summed E-state index contributed by atoms with van der Waals surface area (Å²) >= 11 is 1.07. The SMILES string of the molecule is CC1CCCN(C(=O)COC(=O)c2ccc(Sc3nncn3C)c([N+](=O)[O-])c2)C1. The number of nitrogens with zero attached hydrogens (tertiary/aromatic N) is 5. The third kappa shape index (κ3) is 5.11. The van der Waals surface area contributed by atoms with Crippen LogP contribution >= 0.6 is 11.8 Å². The molecule has 1 saturated heterocycles. The molecule has 0 radical (unpaired) electrons. The van der Waals surface area contributed by atoms with Crippen LogP contribution in [0.5, 0.6) is 0 Å². The molecule has 0 spiro atoms. The van der Waals surface area contributed by atoms with Gasteiger partial charge < -0.3 is 14.2 Å². The maximum atomic E-state index is 12.3. The Balaban J connectivity index is 1.67. The molecular formula is C18H21N5O5S. The van der Waals surface area contributed by atoms with Crippen molar-refractivity contribution in [1.29, 1.82) is 0 Å². The van der Waals surface area contributed by atoms with Gasteiger partial charge in [-0.3, -0.25) is 14.9 Å². The molecule has 3 rings (SSSR count). The Labute approximate surface area is 171 Å². The Kier molecular flexibility index (Phi) is 6.47. The van der Waals surface area contributed by atoms with E-state index in [0.717, 1.165) is 30.7 Å². The summed E-state index contributed by atoms with van der Waals surface area (Å²) in [7, 11) is 1.72. The van der Waals surface area contributed by atoms with Gasteiger partial charge in [-0.1, -0.05) is 6.92 Å². The summed E-state index contributed by atoms with van der Waals surface area (Å²) < 4.78 is 6.72. The number of nitro groups is 1. The Morgan fingerprint density at radius 1 is 1.41 bits per heavy atom. The third-order valence-corrected chi connectivity index (χ3v) is 5.72. The van der Waals surface area contributed by atoms with E-state index in [2.05, 4.69) is 17.1 Å². The molecule has 11 heteroatoms. The first-order chi connectivity index (χ1) is 13.8. The lowest BCUT2D eigenvalue weighted by atomic mass is 10.0. The molecule has 2 aromatic rings. The highest BCUT2D eigenvalue weighted by atomic mass is 32.2. The summed E-state index contributed by atoms with van der Waals surface area (Å²) in [6.07, 6.45) is 3.49. The van der Waals surface area contributed by atoms with Crippen LogP contribution in [-0.4, -0.2) is 56.2 Å². The monoisotopic (exact) mass is 419 g/mol. The highest BCUT2D eigenvalue weighted by molar-refractivity contribution is 7.99. The van der Waals surface area contributed by atoms with Gasteiger partial charge in [-0.15, -0.1) is 10.2 Å². The van der Waals surface area contributed by atoms with Crippen LogP contribution in [-0.2, 0) is 16.6 Å². The van der Waals surface area contributed by atoms with E-state index in [9.17, 15) is 19.7 Å². The van der Waals surface area contributed by atoms with Crippen LogP contribution in [0.1, 0.15) is 30.1 Å². The highest BCUT2D eigenvalue weighted by Crippen LogP contribution is 2.34. The van der Waals surface area contributed by atoms with Gasteiger partial charge in [0.25, 0.3) is 11.6 Å². The first kappa shape index (κ1) is 20.8. The average molecular weight is 419 g/mol. The average Bonchev–Trinajstić information content (AvgIpc) is 3.10. The van der Waals surface area contributed by atoms with E-state index in [0.29, 0.717) is 29.1 Å². The van der Waals surface area contributed by atoms with Crippen LogP contribution in [0.4, 0.5) is 5.69 Å². The maximum Gasteiger partial charge on any atom is 0.338 e. The van der Waals surface area contributed by atoms with Crippen molar-refractivity contribution in [3.8, 4) is 0 Å². The van der Waals surface area contributed by atoms with Gasteiger partial charge in [0, 0.05) is 26.2 Å². The van der Waals surface area contributed by atoms with Crippen molar-refractivity contribution in [2.24, 2.45) is 13.0 Å². The molecule has 1 fully saturated rings. The fourth-order valence-corrected chi connectivity index (χ4v) is 3.90. The zero-order valence-electron chi connectivity index (χ0n) is 16.1. The smallest absolute Gasteiger partial charge is 0.338 e. The normalized spacial score (nSPS) is 16.5. The minimum absolute atomic E-state index is 0.0128. The summed E-state index contributed by atoms with van der Waals surface area (Å²) in [5.41, 5.74) is -0.234. The van der Waals surface area contributed by atoms with E-state index >= 15 is 0 Å². The number of hydrogen-bond acceptors (Lipinski definition) is 8. The number of ether oxygens (including phenoxy) is 1. The van der Waals surface area contributed by atoms with E-state index in [1.54, 1.807) is 16.5 Å².